The fraction of sp³-hybridized carbons (Fsp3) is 0.750. The van der Waals surface area contributed by atoms with Gasteiger partial charge in [-0.25, -0.2) is 4.79 Å². The number of Topliss-reactive ketones (excluding diaryl/α,β-unsaturated/α-hetero) is 3. The summed E-state index contributed by atoms with van der Waals surface area (Å²) in [5.41, 5.74) is -0.343. The summed E-state index contributed by atoms with van der Waals surface area (Å²) in [7, 11) is 4.52. The number of carbonyl (C=O) groups excluding carboxylic acids is 5. The van der Waals surface area contributed by atoms with E-state index in [1.54, 1.807) is 48.0 Å². The molecule has 4 rings (SSSR count). The smallest absolute Gasteiger partial charge is 0.332 e. The first kappa shape index (κ1) is 55.2. The molecule has 0 aromatic heterocycles. The van der Waals surface area contributed by atoms with Crippen LogP contribution < -0.4 is 0 Å². The number of ketones is 3. The number of piperidine rings is 1. The van der Waals surface area contributed by atoms with Gasteiger partial charge in [-0.1, -0.05) is 71.1 Å². The Bertz CT molecular complexity index is 1810. The average Bonchev–Trinajstić information content (AvgIpc) is 3.28. The predicted molar refractivity (Wildman–Crippen MR) is 250 cm³/mol. The minimum Gasteiger partial charge on any atom is -0.460 e. The van der Waals surface area contributed by atoms with Crippen molar-refractivity contribution in [2.45, 2.75) is 186 Å². The first-order chi connectivity index (χ1) is 31.1. The third-order valence-corrected chi connectivity index (χ3v) is 15.0. The largest absolute Gasteiger partial charge is 0.460 e. The highest BCUT2D eigenvalue weighted by atomic mass is 16.6. The molecule has 0 radical (unpaired) electrons. The molecule has 2 bridgehead atoms. The third kappa shape index (κ3) is 13.7. The highest BCUT2D eigenvalue weighted by Gasteiger charge is 2.55. The highest BCUT2D eigenvalue weighted by Crippen LogP contribution is 2.39. The lowest BCUT2D eigenvalue weighted by molar-refractivity contribution is -0.266. The predicted octanol–water partition coefficient (Wildman–Crippen LogP) is 6.57. The van der Waals surface area contributed by atoms with E-state index >= 15 is 0 Å². The Balaban J connectivity index is 1.73. The number of carbonyl (C=O) groups is 5. The molecule has 1 aliphatic carbocycles. The maximum absolute atomic E-state index is 14.7. The van der Waals surface area contributed by atoms with Crippen LogP contribution in [0.15, 0.2) is 47.6 Å². The van der Waals surface area contributed by atoms with Gasteiger partial charge in [0.15, 0.2) is 5.78 Å². The van der Waals surface area contributed by atoms with Crippen LogP contribution in [0.25, 0.3) is 0 Å². The molecule has 4 aliphatic rings. The maximum Gasteiger partial charge on any atom is 0.332 e. The summed E-state index contributed by atoms with van der Waals surface area (Å²) < 4.78 is 29.5. The summed E-state index contributed by atoms with van der Waals surface area (Å²) in [5, 5.41) is 34.0. The molecule has 1 saturated carbocycles. The minimum absolute atomic E-state index is 0.0171. The Morgan fingerprint density at radius 2 is 1.58 bits per heavy atom. The average molecular weight is 928 g/mol. The van der Waals surface area contributed by atoms with E-state index in [1.807, 2.05) is 58.1 Å². The van der Waals surface area contributed by atoms with Crippen molar-refractivity contribution in [1.82, 2.24) is 4.90 Å². The number of aliphatic hydroxyl groups excluding tert-OH is 2. The number of methoxy groups -OCH3 is 3. The molecule has 0 unspecified atom stereocenters. The van der Waals surface area contributed by atoms with Crippen LogP contribution in [0.1, 0.15) is 132 Å². The van der Waals surface area contributed by atoms with E-state index in [0.717, 1.165) is 12.0 Å². The van der Waals surface area contributed by atoms with Crippen molar-refractivity contribution < 1.29 is 63.0 Å². The van der Waals surface area contributed by atoms with Crippen molar-refractivity contribution in [1.29, 1.82) is 0 Å². The summed E-state index contributed by atoms with van der Waals surface area (Å²) in [6.45, 7) is 14.3. The van der Waals surface area contributed by atoms with Crippen molar-refractivity contribution in [3.63, 3.8) is 0 Å². The zero-order valence-corrected chi connectivity index (χ0v) is 41.5. The number of amides is 1. The summed E-state index contributed by atoms with van der Waals surface area (Å²) >= 11 is 0. The van der Waals surface area contributed by atoms with Gasteiger partial charge in [-0.3, -0.25) is 19.2 Å². The molecule has 0 aromatic carbocycles. The van der Waals surface area contributed by atoms with Gasteiger partial charge in [0, 0.05) is 58.5 Å². The normalized spacial score (nSPS) is 41.1. The second-order valence-corrected chi connectivity index (χ2v) is 20.2. The van der Waals surface area contributed by atoms with Crippen LogP contribution in [0.2, 0.25) is 0 Å². The number of nitrogens with zero attached hydrogens (tertiary/aromatic N) is 1. The summed E-state index contributed by atoms with van der Waals surface area (Å²) in [4.78, 5) is 72.6. The lowest BCUT2D eigenvalue weighted by Gasteiger charge is -2.46. The van der Waals surface area contributed by atoms with Gasteiger partial charge in [-0.2, -0.15) is 0 Å². The maximum atomic E-state index is 14.7. The first-order valence-corrected chi connectivity index (χ1v) is 24.3. The van der Waals surface area contributed by atoms with E-state index in [1.165, 1.54) is 12.0 Å². The second-order valence-electron chi connectivity index (χ2n) is 20.2. The van der Waals surface area contributed by atoms with Crippen molar-refractivity contribution >= 4 is 29.2 Å². The van der Waals surface area contributed by atoms with E-state index in [-0.39, 0.29) is 54.8 Å². The molecule has 3 fully saturated rings. The SMILES string of the molecule is CO[C@H]1C[C@@H]2CC[C@@H](C)[C@@](O)(O2)C(=O)C(=O)N2CCCC[C@@]2(C)C(=O)O[C@H]([C@H](C)C[C@@H]2CC[C@@H](O)[C@H](OC)C2)CC(=O)[C@H](C)/C=C(\C)[C@@H](O)[C@@H](OC)C(=O)[C@H](C)C[C@H](C)/C=C/C=C/C=C/1C. The van der Waals surface area contributed by atoms with E-state index in [2.05, 4.69) is 0 Å². The molecule has 3 aliphatic heterocycles. The molecule has 0 spiro atoms. The van der Waals surface area contributed by atoms with Gasteiger partial charge in [0.05, 0.1) is 24.4 Å². The number of aliphatic hydroxyl groups is 3. The van der Waals surface area contributed by atoms with Crippen LogP contribution in [0.4, 0.5) is 0 Å². The molecule has 14 heteroatoms. The Kier molecular flexibility index (Phi) is 20.7. The van der Waals surface area contributed by atoms with E-state index in [4.69, 9.17) is 23.7 Å². The number of rotatable bonds is 6. The zero-order valence-electron chi connectivity index (χ0n) is 41.5. The van der Waals surface area contributed by atoms with E-state index in [0.29, 0.717) is 63.4 Å². The Morgan fingerprint density at radius 3 is 2.24 bits per heavy atom. The molecule has 2 saturated heterocycles. The molecule has 3 heterocycles. The van der Waals surface area contributed by atoms with Crippen molar-refractivity contribution in [2.24, 2.45) is 35.5 Å². The quantitative estimate of drug-likeness (QED) is 0.147. The number of ether oxygens (including phenoxy) is 5. The summed E-state index contributed by atoms with van der Waals surface area (Å²) in [6.07, 6.45) is 11.0. The van der Waals surface area contributed by atoms with Gasteiger partial charge in [0.2, 0.25) is 5.79 Å². The summed E-state index contributed by atoms with van der Waals surface area (Å²) in [6, 6.07) is 0. The molecular formula is C52H81NO13. The number of fused-ring (bicyclic) bond motifs is 3. The standard InChI is InChI=1S/C52H81NO13/c1-31-17-13-12-14-18-32(2)42(62-9)29-39-21-19-37(7)52(61,66-39)48(58)49(59)53-24-16-15-23-51(53,8)50(60)65-43(34(4)27-38-20-22-40(54)44(28-38)63-10)30-41(55)33(3)26-36(6)46(57)47(64-11)45(56)35(5)25-31/h12-14,17-18,26,31,33-35,37-40,42-44,46-47,54,57,61H,15-16,19-25,27-30H2,1-11H3/b14-12+,17-13+,32-18+,36-26+/t31-,33-,34-,35-,37-,38+,39+,40-,42+,43+,44-,46-,47+,51+,52-/m1/s1. The molecule has 3 N–H and O–H groups in total. The van der Waals surface area contributed by atoms with Crippen molar-refractivity contribution in [3.8, 4) is 0 Å². The summed E-state index contributed by atoms with van der Waals surface area (Å²) in [5.74, 6) is -8.07. The molecule has 66 heavy (non-hydrogen) atoms. The lowest BCUT2D eigenvalue weighted by Crippen LogP contribution is -2.64. The number of cyclic esters (lactones) is 1. The third-order valence-electron chi connectivity index (χ3n) is 15.0. The Hall–Kier alpha value is -3.37. The van der Waals surface area contributed by atoms with Crippen LogP contribution >= 0.6 is 0 Å². The molecule has 14 nitrogen and oxygen atoms in total. The highest BCUT2D eigenvalue weighted by molar-refractivity contribution is 6.39. The molecule has 0 aromatic rings. The van der Waals surface area contributed by atoms with Crippen LogP contribution in [0.3, 0.4) is 0 Å². The Morgan fingerprint density at radius 1 is 0.864 bits per heavy atom. The van der Waals surface area contributed by atoms with Crippen molar-refractivity contribution in [3.05, 3.63) is 47.6 Å². The van der Waals surface area contributed by atoms with Gasteiger partial charge < -0.3 is 43.9 Å². The minimum atomic E-state index is -2.45. The van der Waals surface area contributed by atoms with Gasteiger partial charge in [-0.05, 0) is 114 Å². The second kappa shape index (κ2) is 24.8. The lowest BCUT2D eigenvalue weighted by atomic mass is 9.78. The van der Waals surface area contributed by atoms with Crippen LogP contribution in [0.5, 0.6) is 0 Å². The topological polar surface area (TPSA) is 195 Å². The number of hydrogen-bond acceptors (Lipinski definition) is 13. The fourth-order valence-corrected chi connectivity index (χ4v) is 10.4. The zero-order chi connectivity index (χ0) is 49.1. The van der Waals surface area contributed by atoms with Crippen molar-refractivity contribution in [2.75, 3.05) is 27.9 Å². The molecule has 1 amide bonds. The van der Waals surface area contributed by atoms with Gasteiger partial charge in [-0.15, -0.1) is 0 Å². The molecule has 372 valence electrons. The van der Waals surface area contributed by atoms with Crippen LogP contribution in [-0.2, 0) is 47.7 Å². The fourth-order valence-electron chi connectivity index (χ4n) is 10.4. The van der Waals surface area contributed by atoms with Gasteiger partial charge in [0.25, 0.3) is 11.7 Å². The molecular weight excluding hydrogens is 847 g/mol. The molecule has 15 atom stereocenters. The van der Waals surface area contributed by atoms with Crippen LogP contribution in [0, 0.1) is 35.5 Å². The number of esters is 1. The van der Waals surface area contributed by atoms with Gasteiger partial charge in [0.1, 0.15) is 29.6 Å². The first-order valence-electron chi connectivity index (χ1n) is 24.3. The number of allylic oxidation sites excluding steroid dienone is 6. The Labute approximate surface area is 393 Å². The van der Waals surface area contributed by atoms with Gasteiger partial charge >= 0.3 is 5.97 Å². The van der Waals surface area contributed by atoms with E-state index in [9.17, 15) is 39.3 Å². The number of hydrogen-bond donors (Lipinski definition) is 3. The van der Waals surface area contributed by atoms with E-state index < -0.39 is 83.4 Å². The monoisotopic (exact) mass is 928 g/mol. The van der Waals surface area contributed by atoms with Crippen LogP contribution in [-0.4, -0.2) is 131 Å².